The summed E-state index contributed by atoms with van der Waals surface area (Å²) in [7, 11) is -3.71. The zero-order valence-corrected chi connectivity index (χ0v) is 13.3. The monoisotopic (exact) mass is 351 g/mol. The maximum absolute atomic E-state index is 12.2. The molecule has 1 atom stereocenters. The van der Waals surface area contributed by atoms with E-state index in [1.807, 2.05) is 4.72 Å². The molecule has 0 spiro atoms. The fourth-order valence-corrected chi connectivity index (χ4v) is 2.98. The van der Waals surface area contributed by atoms with Gasteiger partial charge < -0.3 is 9.84 Å². The van der Waals surface area contributed by atoms with Crippen LogP contribution in [0.3, 0.4) is 0 Å². The maximum atomic E-state index is 12.2. The number of sulfonamides is 1. The minimum absolute atomic E-state index is 0.159. The molecule has 0 aliphatic carbocycles. The van der Waals surface area contributed by atoms with E-state index in [2.05, 4.69) is 0 Å². The summed E-state index contributed by atoms with van der Waals surface area (Å²) in [6, 6.07) is 4.39. The lowest BCUT2D eigenvalue weighted by Crippen LogP contribution is -2.32. The number of hydrogen-bond donors (Lipinski definition) is 2. The van der Waals surface area contributed by atoms with Crippen molar-refractivity contribution in [2.45, 2.75) is 12.5 Å². The van der Waals surface area contributed by atoms with E-state index >= 15 is 0 Å². The van der Waals surface area contributed by atoms with Crippen LogP contribution >= 0.6 is 23.2 Å². The molecule has 0 bridgehead atoms. The van der Waals surface area contributed by atoms with Crippen molar-refractivity contribution >= 4 is 39.0 Å². The Morgan fingerprint density at radius 1 is 1.33 bits per heavy atom. The minimum atomic E-state index is -3.71. The highest BCUT2D eigenvalue weighted by Gasteiger charge is 2.49. The quantitative estimate of drug-likeness (QED) is 0.869. The van der Waals surface area contributed by atoms with Crippen LogP contribution in [0.15, 0.2) is 29.8 Å². The Balaban J connectivity index is 2.45. The molecule has 2 rings (SSSR count). The zero-order valence-electron chi connectivity index (χ0n) is 11.0. The van der Waals surface area contributed by atoms with Crippen molar-refractivity contribution in [3.63, 3.8) is 0 Å². The summed E-state index contributed by atoms with van der Waals surface area (Å²) in [4.78, 5) is 12.2. The van der Waals surface area contributed by atoms with E-state index in [0.717, 1.165) is 6.26 Å². The van der Waals surface area contributed by atoms with Gasteiger partial charge in [-0.3, -0.25) is 9.52 Å². The number of carbonyl (C=O) groups is 1. The number of ketones is 1. The second-order valence-corrected chi connectivity index (χ2v) is 7.23. The van der Waals surface area contributed by atoms with Crippen molar-refractivity contribution in [3.8, 4) is 0 Å². The molecular formula is C12H11Cl2NO5S. The molecule has 0 radical (unpaired) electrons. The normalized spacial score (nSPS) is 22.4. The highest BCUT2D eigenvalue weighted by molar-refractivity contribution is 7.88. The fourth-order valence-electron chi connectivity index (χ4n) is 1.92. The molecule has 0 fully saturated rings. The van der Waals surface area contributed by atoms with Gasteiger partial charge in [0.15, 0.2) is 0 Å². The van der Waals surface area contributed by atoms with Gasteiger partial charge >= 0.3 is 0 Å². The first-order chi connectivity index (χ1) is 9.54. The van der Waals surface area contributed by atoms with E-state index in [0.29, 0.717) is 5.02 Å². The van der Waals surface area contributed by atoms with Crippen molar-refractivity contribution in [2.24, 2.45) is 0 Å². The molecule has 0 saturated heterocycles. The van der Waals surface area contributed by atoms with Crippen LogP contribution in [-0.4, -0.2) is 25.6 Å². The van der Waals surface area contributed by atoms with Gasteiger partial charge in [0.2, 0.25) is 27.3 Å². The lowest BCUT2D eigenvalue weighted by Gasteiger charge is -2.24. The molecular weight excluding hydrogens is 341 g/mol. The molecule has 0 saturated carbocycles. The second-order valence-electron chi connectivity index (χ2n) is 4.64. The van der Waals surface area contributed by atoms with Crippen molar-refractivity contribution < 1.29 is 23.1 Å². The highest BCUT2D eigenvalue weighted by atomic mass is 35.5. The summed E-state index contributed by atoms with van der Waals surface area (Å²) in [5.41, 5.74) is -1.38. The van der Waals surface area contributed by atoms with Gasteiger partial charge in [-0.1, -0.05) is 29.3 Å². The maximum Gasteiger partial charge on any atom is 0.250 e. The summed E-state index contributed by atoms with van der Waals surface area (Å²) in [5.74, 6) is -2.15. The summed E-state index contributed by atoms with van der Waals surface area (Å²) >= 11 is 11.8. The van der Waals surface area contributed by atoms with Crippen LogP contribution in [0.2, 0.25) is 10.0 Å². The molecule has 21 heavy (non-hydrogen) atoms. The third-order valence-electron chi connectivity index (χ3n) is 2.89. The number of Topliss-reactive ketones (excluding diaryl/α,β-unsaturated/α-hetero) is 1. The van der Waals surface area contributed by atoms with Crippen LogP contribution in [0.5, 0.6) is 0 Å². The number of halogens is 2. The molecule has 6 nitrogen and oxygen atoms in total. The first-order valence-corrected chi connectivity index (χ1v) is 8.30. The Morgan fingerprint density at radius 3 is 2.48 bits per heavy atom. The predicted molar refractivity (Wildman–Crippen MR) is 77.5 cm³/mol. The molecule has 2 N–H and O–H groups in total. The van der Waals surface area contributed by atoms with Gasteiger partial charge in [-0.2, -0.15) is 0 Å². The topological polar surface area (TPSA) is 92.7 Å². The van der Waals surface area contributed by atoms with Gasteiger partial charge in [0.05, 0.1) is 6.26 Å². The molecule has 1 heterocycles. The van der Waals surface area contributed by atoms with E-state index in [1.165, 1.54) is 25.1 Å². The molecule has 0 amide bonds. The van der Waals surface area contributed by atoms with Crippen LogP contribution in [0.4, 0.5) is 0 Å². The third-order valence-corrected chi connectivity index (χ3v) is 4.00. The van der Waals surface area contributed by atoms with Gasteiger partial charge in [0.25, 0.3) is 5.78 Å². The number of nitrogens with one attached hydrogen (secondary N) is 1. The number of benzene rings is 1. The van der Waals surface area contributed by atoms with E-state index in [1.54, 1.807) is 0 Å². The van der Waals surface area contributed by atoms with Gasteiger partial charge in [0.1, 0.15) is 0 Å². The molecule has 1 aliphatic heterocycles. The Kier molecular flexibility index (Phi) is 3.86. The lowest BCUT2D eigenvalue weighted by atomic mass is 9.91. The van der Waals surface area contributed by atoms with Crippen molar-refractivity contribution in [1.82, 2.24) is 4.72 Å². The fraction of sp³-hybridized carbons (Fsp3) is 0.250. The van der Waals surface area contributed by atoms with E-state index < -0.39 is 33.0 Å². The molecule has 9 heteroatoms. The first-order valence-electron chi connectivity index (χ1n) is 5.65. The highest BCUT2D eigenvalue weighted by Crippen LogP contribution is 2.40. The number of carbonyl (C=O) groups excluding carboxylic acids is 1. The molecule has 1 aromatic carbocycles. The van der Waals surface area contributed by atoms with Gasteiger partial charge in [-0.15, -0.1) is 0 Å². The van der Waals surface area contributed by atoms with Crippen LogP contribution in [-0.2, 0) is 25.2 Å². The Hall–Kier alpha value is -1.44. The third kappa shape index (κ3) is 2.95. The van der Waals surface area contributed by atoms with Crippen molar-refractivity contribution in [3.05, 3.63) is 45.5 Å². The largest absolute Gasteiger partial charge is 0.501 e. The Bertz CT molecular complexity index is 759. The number of ether oxygens (including phenoxy) is 1. The van der Waals surface area contributed by atoms with Crippen LogP contribution in [0.1, 0.15) is 12.5 Å². The number of rotatable bonds is 3. The van der Waals surface area contributed by atoms with Gasteiger partial charge in [0, 0.05) is 15.6 Å². The first kappa shape index (κ1) is 15.9. The molecule has 1 unspecified atom stereocenters. The van der Waals surface area contributed by atoms with E-state index in [9.17, 15) is 18.3 Å². The number of aliphatic hydroxyl groups is 1. The van der Waals surface area contributed by atoms with E-state index in [4.69, 9.17) is 27.9 Å². The molecule has 114 valence electrons. The van der Waals surface area contributed by atoms with Crippen molar-refractivity contribution in [2.75, 3.05) is 6.26 Å². The number of aliphatic hydroxyl groups excluding tert-OH is 1. The van der Waals surface area contributed by atoms with E-state index in [-0.39, 0.29) is 10.6 Å². The standard InChI is InChI=1S/C12H11Cl2NO5S/c1-12(7-4-3-6(13)5-8(7)14)10(17)9(16)11(20-12)15-21(2,18)19/h3-5,15-16H,1-2H3. The minimum Gasteiger partial charge on any atom is -0.501 e. The Morgan fingerprint density at radius 2 is 1.95 bits per heavy atom. The summed E-state index contributed by atoms with van der Waals surface area (Å²) in [6.45, 7) is 1.37. The molecule has 0 aromatic heterocycles. The van der Waals surface area contributed by atoms with Crippen LogP contribution < -0.4 is 4.72 Å². The zero-order chi connectivity index (χ0) is 16.0. The van der Waals surface area contributed by atoms with Crippen molar-refractivity contribution in [1.29, 1.82) is 0 Å². The molecule has 1 aromatic rings. The average molecular weight is 352 g/mol. The lowest BCUT2D eigenvalue weighted by molar-refractivity contribution is -0.131. The second kappa shape index (κ2) is 5.08. The SMILES string of the molecule is CC1(c2ccc(Cl)cc2Cl)OC(NS(C)(=O)=O)=C(O)C1=O. The summed E-state index contributed by atoms with van der Waals surface area (Å²) < 4.78 is 29.7. The Labute approximate surface area is 131 Å². The molecule has 1 aliphatic rings. The average Bonchev–Trinajstić information content (AvgIpc) is 2.52. The number of hydrogen-bond acceptors (Lipinski definition) is 5. The van der Waals surface area contributed by atoms with Crippen LogP contribution in [0, 0.1) is 0 Å². The summed E-state index contributed by atoms with van der Waals surface area (Å²) in [6.07, 6.45) is 0.867. The van der Waals surface area contributed by atoms with Gasteiger partial charge in [-0.25, -0.2) is 8.42 Å². The predicted octanol–water partition coefficient (Wildman–Crippen LogP) is 2.08. The van der Waals surface area contributed by atoms with Gasteiger partial charge in [-0.05, 0) is 19.1 Å². The smallest absolute Gasteiger partial charge is 0.250 e. The van der Waals surface area contributed by atoms with Crippen LogP contribution in [0.25, 0.3) is 0 Å². The summed E-state index contributed by atoms with van der Waals surface area (Å²) in [5, 5.41) is 10.3.